The minimum absolute atomic E-state index is 0.0418. The van der Waals surface area contributed by atoms with Gasteiger partial charge in [-0.05, 0) is 42.3 Å². The van der Waals surface area contributed by atoms with E-state index in [1.165, 1.54) is 25.3 Å². The molecule has 0 radical (unpaired) electrons. The highest BCUT2D eigenvalue weighted by Gasteiger charge is 2.15. The summed E-state index contributed by atoms with van der Waals surface area (Å²) < 4.78 is 5.02. The fraction of sp³-hybridized carbons (Fsp3) is 0.222. The lowest BCUT2D eigenvalue weighted by molar-refractivity contribution is -0.118. The fourth-order valence-electron chi connectivity index (χ4n) is 2.24. The number of ketones is 2. The lowest BCUT2D eigenvalue weighted by atomic mass is 10.0. The predicted octanol–water partition coefficient (Wildman–Crippen LogP) is 4.48. The Morgan fingerprint density at radius 2 is 1.88 bits per heavy atom. The molecule has 0 amide bonds. The van der Waals surface area contributed by atoms with Crippen LogP contribution in [-0.4, -0.2) is 23.8 Å². The zero-order valence-corrected chi connectivity index (χ0v) is 14.5. The number of phenols is 1. The van der Waals surface area contributed by atoms with Crippen LogP contribution in [0.15, 0.2) is 36.4 Å². The topological polar surface area (TPSA) is 63.6 Å². The van der Waals surface area contributed by atoms with Gasteiger partial charge in [-0.1, -0.05) is 29.3 Å². The molecule has 0 aliphatic rings. The van der Waals surface area contributed by atoms with Crippen LogP contribution in [0, 0.1) is 0 Å². The van der Waals surface area contributed by atoms with Crippen molar-refractivity contribution in [1.82, 2.24) is 0 Å². The number of carbonyl (C=O) groups excluding carboxylic acids is 2. The van der Waals surface area contributed by atoms with Gasteiger partial charge in [-0.25, -0.2) is 0 Å². The monoisotopic (exact) mass is 366 g/mol. The van der Waals surface area contributed by atoms with E-state index in [0.29, 0.717) is 22.8 Å². The van der Waals surface area contributed by atoms with Crippen molar-refractivity contribution in [3.8, 4) is 11.5 Å². The summed E-state index contributed by atoms with van der Waals surface area (Å²) in [5, 5.41) is 10.2. The van der Waals surface area contributed by atoms with E-state index >= 15 is 0 Å². The van der Waals surface area contributed by atoms with Crippen LogP contribution in [0.3, 0.4) is 0 Å². The number of hydrogen-bond donors (Lipinski definition) is 1. The number of phenolic OH excluding ortho intramolecular Hbond substituents is 1. The van der Waals surface area contributed by atoms with Crippen molar-refractivity contribution in [2.75, 3.05) is 7.11 Å². The molecule has 6 heteroatoms. The van der Waals surface area contributed by atoms with Crippen LogP contribution in [0.25, 0.3) is 0 Å². The number of ether oxygens (including phenoxy) is 1. The number of carbonyl (C=O) groups is 2. The van der Waals surface area contributed by atoms with Crippen molar-refractivity contribution in [1.29, 1.82) is 0 Å². The van der Waals surface area contributed by atoms with Crippen LogP contribution in [-0.2, 0) is 11.2 Å². The van der Waals surface area contributed by atoms with Crippen molar-refractivity contribution in [3.05, 3.63) is 57.6 Å². The number of aryl methyl sites for hydroxylation is 1. The van der Waals surface area contributed by atoms with Crippen LogP contribution in [0.5, 0.6) is 11.5 Å². The summed E-state index contributed by atoms with van der Waals surface area (Å²) in [6, 6.07) is 9.45. The molecule has 0 aliphatic carbocycles. The Morgan fingerprint density at radius 3 is 2.54 bits per heavy atom. The molecule has 0 saturated heterocycles. The largest absolute Gasteiger partial charge is 0.504 e. The Labute approximate surface area is 150 Å². The Hall–Kier alpha value is -2.04. The van der Waals surface area contributed by atoms with Crippen LogP contribution in [0.2, 0.25) is 10.0 Å². The number of methoxy groups -OCH3 is 1. The van der Waals surface area contributed by atoms with Gasteiger partial charge in [0.25, 0.3) is 0 Å². The molecule has 0 aromatic heterocycles. The normalized spacial score (nSPS) is 10.5. The molecule has 126 valence electrons. The first kappa shape index (κ1) is 18.3. The Balaban J connectivity index is 1.94. The van der Waals surface area contributed by atoms with Gasteiger partial charge in [-0.3, -0.25) is 9.59 Å². The van der Waals surface area contributed by atoms with Crippen LogP contribution in [0.1, 0.15) is 28.8 Å². The molecule has 2 aromatic rings. The summed E-state index contributed by atoms with van der Waals surface area (Å²) in [6.07, 6.45) is 0.457. The second kappa shape index (κ2) is 8.18. The zero-order valence-electron chi connectivity index (χ0n) is 13.0. The molecule has 0 atom stereocenters. The zero-order chi connectivity index (χ0) is 17.7. The van der Waals surface area contributed by atoms with Gasteiger partial charge in [-0.2, -0.15) is 0 Å². The van der Waals surface area contributed by atoms with E-state index in [1.807, 2.05) is 0 Å². The van der Waals surface area contributed by atoms with Gasteiger partial charge in [0, 0.05) is 17.0 Å². The maximum absolute atomic E-state index is 12.1. The van der Waals surface area contributed by atoms with Crippen molar-refractivity contribution >= 4 is 34.8 Å². The minimum Gasteiger partial charge on any atom is -0.504 e. The van der Waals surface area contributed by atoms with E-state index in [1.54, 1.807) is 18.2 Å². The van der Waals surface area contributed by atoms with E-state index in [9.17, 15) is 14.7 Å². The highest BCUT2D eigenvalue weighted by molar-refractivity contribution is 6.37. The average molecular weight is 367 g/mol. The molecule has 1 N–H and O–H groups in total. The summed E-state index contributed by atoms with van der Waals surface area (Å²) in [5.74, 6) is -0.118. The van der Waals surface area contributed by atoms with Crippen LogP contribution in [0.4, 0.5) is 0 Å². The third-order valence-corrected chi connectivity index (χ3v) is 4.07. The molecule has 0 fully saturated rings. The van der Waals surface area contributed by atoms with Crippen molar-refractivity contribution in [2.24, 2.45) is 0 Å². The third kappa shape index (κ3) is 4.73. The smallest absolute Gasteiger partial charge is 0.171 e. The summed E-state index contributed by atoms with van der Waals surface area (Å²) >= 11 is 11.8. The van der Waals surface area contributed by atoms with Gasteiger partial charge < -0.3 is 9.84 Å². The summed E-state index contributed by atoms with van der Waals surface area (Å²) in [6.45, 7) is 0. The third-order valence-electron chi connectivity index (χ3n) is 3.53. The average Bonchev–Trinajstić information content (AvgIpc) is 2.53. The summed E-state index contributed by atoms with van der Waals surface area (Å²) in [4.78, 5) is 24.2. The Morgan fingerprint density at radius 1 is 1.12 bits per heavy atom. The maximum Gasteiger partial charge on any atom is 0.171 e. The number of rotatable bonds is 7. The summed E-state index contributed by atoms with van der Waals surface area (Å²) in [7, 11) is 1.46. The van der Waals surface area contributed by atoms with Crippen molar-refractivity contribution < 1.29 is 19.4 Å². The molecule has 0 aliphatic heterocycles. The highest BCUT2D eigenvalue weighted by Crippen LogP contribution is 2.27. The molecule has 0 spiro atoms. The maximum atomic E-state index is 12.1. The number of halogens is 2. The number of hydrogen-bond acceptors (Lipinski definition) is 4. The Kier molecular flexibility index (Phi) is 6.23. The molecule has 0 unspecified atom stereocenters. The Bertz CT molecular complexity index is 772. The van der Waals surface area contributed by atoms with E-state index in [-0.39, 0.29) is 35.2 Å². The van der Waals surface area contributed by atoms with Crippen LogP contribution < -0.4 is 4.74 Å². The first-order chi connectivity index (χ1) is 11.4. The molecule has 2 aromatic carbocycles. The van der Waals surface area contributed by atoms with Gasteiger partial charge in [-0.15, -0.1) is 0 Å². The molecule has 0 saturated carbocycles. The SMILES string of the molecule is COc1cc(CCC(=O)CC(=O)c2ccc(Cl)cc2Cl)ccc1O. The van der Waals surface area contributed by atoms with Crippen molar-refractivity contribution in [3.63, 3.8) is 0 Å². The first-order valence-electron chi connectivity index (χ1n) is 7.26. The lowest BCUT2D eigenvalue weighted by Crippen LogP contribution is -2.09. The van der Waals surface area contributed by atoms with Gasteiger partial charge >= 0.3 is 0 Å². The first-order valence-corrected chi connectivity index (χ1v) is 8.02. The summed E-state index contributed by atoms with van der Waals surface area (Å²) in [5.41, 5.74) is 1.13. The number of aromatic hydroxyl groups is 1. The highest BCUT2D eigenvalue weighted by atomic mass is 35.5. The van der Waals surface area contributed by atoms with Crippen molar-refractivity contribution in [2.45, 2.75) is 19.3 Å². The number of benzene rings is 2. The van der Waals surface area contributed by atoms with E-state index in [2.05, 4.69) is 0 Å². The lowest BCUT2D eigenvalue weighted by Gasteiger charge is -2.07. The minimum atomic E-state index is -0.329. The van der Waals surface area contributed by atoms with E-state index in [0.717, 1.165) is 5.56 Å². The van der Waals surface area contributed by atoms with E-state index < -0.39 is 0 Å². The van der Waals surface area contributed by atoms with E-state index in [4.69, 9.17) is 27.9 Å². The van der Waals surface area contributed by atoms with Gasteiger partial charge in [0.2, 0.25) is 0 Å². The van der Waals surface area contributed by atoms with Crippen LogP contribution >= 0.6 is 23.2 Å². The quantitative estimate of drug-likeness (QED) is 0.579. The predicted molar refractivity (Wildman–Crippen MR) is 93.4 cm³/mol. The fourth-order valence-corrected chi connectivity index (χ4v) is 2.75. The second-order valence-corrected chi connectivity index (χ2v) is 6.11. The molecule has 24 heavy (non-hydrogen) atoms. The molecule has 0 heterocycles. The standard InChI is InChI=1S/C18H16Cl2O4/c1-24-18-8-11(3-7-16(18)22)2-5-13(21)10-17(23)14-6-4-12(19)9-15(14)20/h3-4,6-9,22H,2,5,10H2,1H3. The van der Waals surface area contributed by atoms with Gasteiger partial charge in [0.05, 0.1) is 18.6 Å². The molecule has 0 bridgehead atoms. The number of Topliss-reactive ketones (excluding diaryl/α,β-unsaturated/α-hetero) is 2. The van der Waals surface area contributed by atoms with Gasteiger partial charge in [0.1, 0.15) is 5.78 Å². The molecular weight excluding hydrogens is 351 g/mol. The second-order valence-electron chi connectivity index (χ2n) is 5.27. The molecule has 4 nitrogen and oxygen atoms in total. The van der Waals surface area contributed by atoms with Gasteiger partial charge in [0.15, 0.2) is 17.3 Å². The molecule has 2 rings (SSSR count). The molecular formula is C18H16Cl2O4.